The molecule has 0 spiro atoms. The summed E-state index contributed by atoms with van der Waals surface area (Å²) in [4.78, 5) is 0. The molecule has 1 aromatic heterocycles. The highest BCUT2D eigenvalue weighted by molar-refractivity contribution is 5.35. The van der Waals surface area contributed by atoms with E-state index in [1.165, 1.54) is 5.56 Å². The number of hydrogen-bond acceptors (Lipinski definition) is 1. The van der Waals surface area contributed by atoms with Crippen molar-refractivity contribution in [3.05, 3.63) is 84.7 Å². The first-order valence-electron chi connectivity index (χ1n) is 6.32. The molecule has 0 saturated carbocycles. The third kappa shape index (κ3) is 2.86. The van der Waals surface area contributed by atoms with Gasteiger partial charge in [-0.15, -0.1) is 0 Å². The molecule has 2 aromatic carbocycles. The Morgan fingerprint density at radius 2 is 1.47 bits per heavy atom. The van der Waals surface area contributed by atoms with Gasteiger partial charge >= 0.3 is 0 Å². The van der Waals surface area contributed by atoms with E-state index in [1.54, 1.807) is 0 Å². The van der Waals surface area contributed by atoms with Crippen molar-refractivity contribution in [2.75, 3.05) is 0 Å². The van der Waals surface area contributed by atoms with E-state index in [0.717, 1.165) is 11.4 Å². The maximum atomic E-state index is 5.77. The minimum absolute atomic E-state index is 0.597. The first kappa shape index (κ1) is 11.6. The molecule has 0 N–H and O–H groups in total. The van der Waals surface area contributed by atoms with Crippen molar-refractivity contribution in [1.29, 1.82) is 0 Å². The highest BCUT2D eigenvalue weighted by Gasteiger charge is 2.00. The van der Waals surface area contributed by atoms with Gasteiger partial charge in [-0.3, -0.25) is 0 Å². The minimum atomic E-state index is 0.597. The van der Waals surface area contributed by atoms with Crippen molar-refractivity contribution in [1.82, 2.24) is 4.57 Å². The van der Waals surface area contributed by atoms with Crippen LogP contribution in [0.2, 0.25) is 0 Å². The Hall–Kier alpha value is -2.48. The van der Waals surface area contributed by atoms with Gasteiger partial charge in [0.1, 0.15) is 12.4 Å². The number of hydrogen-bond donors (Lipinski definition) is 0. The minimum Gasteiger partial charge on any atom is -0.487 e. The molecule has 0 aliphatic heterocycles. The van der Waals surface area contributed by atoms with Crippen LogP contribution in [0.1, 0.15) is 5.56 Å². The van der Waals surface area contributed by atoms with E-state index in [2.05, 4.69) is 28.8 Å². The molecular formula is C17H15NO. The maximum Gasteiger partial charge on any atom is 0.137 e. The van der Waals surface area contributed by atoms with Crippen LogP contribution in [0.25, 0.3) is 5.69 Å². The fraction of sp³-hybridized carbons (Fsp3) is 0.0588. The molecule has 0 bridgehead atoms. The van der Waals surface area contributed by atoms with Crippen LogP contribution in [0.15, 0.2) is 79.1 Å². The summed E-state index contributed by atoms with van der Waals surface area (Å²) in [5, 5.41) is 0. The van der Waals surface area contributed by atoms with E-state index >= 15 is 0 Å². The Kier molecular flexibility index (Phi) is 3.32. The van der Waals surface area contributed by atoms with Crippen molar-refractivity contribution in [3.63, 3.8) is 0 Å². The molecule has 19 heavy (non-hydrogen) atoms. The van der Waals surface area contributed by atoms with Crippen molar-refractivity contribution >= 4 is 0 Å². The Labute approximate surface area is 112 Å². The summed E-state index contributed by atoms with van der Waals surface area (Å²) in [6.07, 6.45) is 4.01. The SMILES string of the molecule is c1ccc(COc2ccn(-c3ccccc3)c2)cc1. The zero-order valence-corrected chi connectivity index (χ0v) is 10.6. The summed E-state index contributed by atoms with van der Waals surface area (Å²) in [5.74, 6) is 0.882. The Bertz CT molecular complexity index is 629. The summed E-state index contributed by atoms with van der Waals surface area (Å²) >= 11 is 0. The van der Waals surface area contributed by atoms with Crippen LogP contribution in [0.4, 0.5) is 0 Å². The van der Waals surface area contributed by atoms with Crippen molar-refractivity contribution < 1.29 is 4.74 Å². The molecule has 2 heteroatoms. The summed E-state index contributed by atoms with van der Waals surface area (Å²) in [6, 6.07) is 22.4. The van der Waals surface area contributed by atoms with E-state index in [4.69, 9.17) is 4.74 Å². The summed E-state index contributed by atoms with van der Waals surface area (Å²) in [6.45, 7) is 0.597. The zero-order valence-electron chi connectivity index (χ0n) is 10.6. The Morgan fingerprint density at radius 3 is 2.21 bits per heavy atom. The fourth-order valence-electron chi connectivity index (χ4n) is 1.96. The van der Waals surface area contributed by atoms with Gasteiger partial charge < -0.3 is 9.30 Å². The maximum absolute atomic E-state index is 5.77. The average molecular weight is 249 g/mol. The van der Waals surface area contributed by atoms with Gasteiger partial charge in [0, 0.05) is 11.9 Å². The molecular weight excluding hydrogens is 234 g/mol. The van der Waals surface area contributed by atoms with E-state index in [0.29, 0.717) is 6.61 Å². The number of para-hydroxylation sites is 1. The summed E-state index contributed by atoms with van der Waals surface area (Å²) < 4.78 is 7.83. The van der Waals surface area contributed by atoms with Gasteiger partial charge in [0.2, 0.25) is 0 Å². The lowest BCUT2D eigenvalue weighted by Crippen LogP contribution is -1.94. The third-order valence-corrected chi connectivity index (χ3v) is 2.97. The van der Waals surface area contributed by atoms with Gasteiger partial charge in [-0.2, -0.15) is 0 Å². The topological polar surface area (TPSA) is 14.2 Å². The quantitative estimate of drug-likeness (QED) is 0.680. The van der Waals surface area contributed by atoms with Crippen LogP contribution in [0.3, 0.4) is 0 Å². The molecule has 3 aromatic rings. The average Bonchev–Trinajstić information content (AvgIpc) is 2.96. The molecule has 0 amide bonds. The first-order chi connectivity index (χ1) is 9.42. The second kappa shape index (κ2) is 5.44. The van der Waals surface area contributed by atoms with Crippen LogP contribution in [-0.2, 0) is 6.61 Å². The lowest BCUT2D eigenvalue weighted by Gasteiger charge is -2.04. The highest BCUT2D eigenvalue weighted by atomic mass is 16.5. The van der Waals surface area contributed by atoms with Crippen LogP contribution < -0.4 is 4.74 Å². The van der Waals surface area contributed by atoms with E-state index < -0.39 is 0 Å². The highest BCUT2D eigenvalue weighted by Crippen LogP contribution is 2.17. The second-order valence-corrected chi connectivity index (χ2v) is 4.36. The number of nitrogens with zero attached hydrogens (tertiary/aromatic N) is 1. The van der Waals surface area contributed by atoms with E-state index in [-0.39, 0.29) is 0 Å². The predicted molar refractivity (Wildman–Crippen MR) is 76.5 cm³/mol. The first-order valence-corrected chi connectivity index (χ1v) is 6.32. The lowest BCUT2D eigenvalue weighted by molar-refractivity contribution is 0.306. The molecule has 3 rings (SSSR count). The molecule has 2 nitrogen and oxygen atoms in total. The molecule has 0 saturated heterocycles. The van der Waals surface area contributed by atoms with Gasteiger partial charge in [0.25, 0.3) is 0 Å². The van der Waals surface area contributed by atoms with Crippen molar-refractivity contribution in [3.8, 4) is 11.4 Å². The monoisotopic (exact) mass is 249 g/mol. The molecule has 0 radical (unpaired) electrons. The van der Waals surface area contributed by atoms with Gasteiger partial charge in [-0.05, 0) is 23.8 Å². The molecule has 1 heterocycles. The van der Waals surface area contributed by atoms with Gasteiger partial charge in [0.15, 0.2) is 0 Å². The Balaban J connectivity index is 1.69. The fourth-order valence-corrected chi connectivity index (χ4v) is 1.96. The normalized spacial score (nSPS) is 10.3. The number of ether oxygens (including phenoxy) is 1. The van der Waals surface area contributed by atoms with Crippen molar-refractivity contribution in [2.24, 2.45) is 0 Å². The van der Waals surface area contributed by atoms with Crippen LogP contribution in [-0.4, -0.2) is 4.57 Å². The zero-order chi connectivity index (χ0) is 12.9. The van der Waals surface area contributed by atoms with E-state index in [1.807, 2.05) is 54.9 Å². The Morgan fingerprint density at radius 1 is 0.789 bits per heavy atom. The predicted octanol–water partition coefficient (Wildman–Crippen LogP) is 4.06. The lowest BCUT2D eigenvalue weighted by atomic mass is 10.2. The molecule has 0 unspecified atom stereocenters. The van der Waals surface area contributed by atoms with Gasteiger partial charge in [-0.25, -0.2) is 0 Å². The van der Waals surface area contributed by atoms with Gasteiger partial charge in [-0.1, -0.05) is 48.5 Å². The van der Waals surface area contributed by atoms with Crippen LogP contribution in [0.5, 0.6) is 5.75 Å². The van der Waals surface area contributed by atoms with Crippen molar-refractivity contribution in [2.45, 2.75) is 6.61 Å². The van der Waals surface area contributed by atoms with Crippen LogP contribution >= 0.6 is 0 Å². The molecule has 0 atom stereocenters. The number of benzene rings is 2. The number of aromatic nitrogens is 1. The molecule has 0 fully saturated rings. The second-order valence-electron chi connectivity index (χ2n) is 4.36. The smallest absolute Gasteiger partial charge is 0.137 e. The molecule has 0 aliphatic carbocycles. The number of rotatable bonds is 4. The van der Waals surface area contributed by atoms with Crippen LogP contribution in [0, 0.1) is 0 Å². The molecule has 94 valence electrons. The summed E-state index contributed by atoms with van der Waals surface area (Å²) in [5.41, 5.74) is 2.31. The van der Waals surface area contributed by atoms with Gasteiger partial charge in [0.05, 0.1) is 6.20 Å². The summed E-state index contributed by atoms with van der Waals surface area (Å²) in [7, 11) is 0. The van der Waals surface area contributed by atoms with E-state index in [9.17, 15) is 0 Å². The standard InChI is InChI=1S/C17H15NO/c1-3-7-15(8-4-1)14-19-17-11-12-18(13-17)16-9-5-2-6-10-16/h1-13H,14H2. The largest absolute Gasteiger partial charge is 0.487 e. The third-order valence-electron chi connectivity index (χ3n) is 2.97. The molecule has 0 aliphatic rings.